The van der Waals surface area contributed by atoms with Gasteiger partial charge in [0.25, 0.3) is 11.1 Å². The van der Waals surface area contributed by atoms with E-state index in [2.05, 4.69) is 4.74 Å². The van der Waals surface area contributed by atoms with Crippen molar-refractivity contribution >= 4 is 40.9 Å². The molecule has 1 aliphatic heterocycles. The fourth-order valence-corrected chi connectivity index (χ4v) is 3.76. The maximum absolute atomic E-state index is 12.5. The van der Waals surface area contributed by atoms with E-state index in [-0.39, 0.29) is 10.5 Å². The van der Waals surface area contributed by atoms with Gasteiger partial charge < -0.3 is 14.3 Å². The van der Waals surface area contributed by atoms with Gasteiger partial charge in [-0.05, 0) is 55.4 Å². The van der Waals surface area contributed by atoms with Gasteiger partial charge in [-0.25, -0.2) is 9.59 Å². The molecule has 1 unspecified atom stereocenters. The van der Waals surface area contributed by atoms with Gasteiger partial charge in [-0.1, -0.05) is 6.07 Å². The molecule has 150 valence electrons. The number of furan rings is 1. The first-order valence-corrected chi connectivity index (χ1v) is 9.33. The fourth-order valence-electron chi connectivity index (χ4n) is 2.87. The summed E-state index contributed by atoms with van der Waals surface area (Å²) in [5.41, 5.74) is 1.60. The predicted molar refractivity (Wildman–Crippen MR) is 105 cm³/mol. The van der Waals surface area contributed by atoms with Crippen molar-refractivity contribution in [3.05, 3.63) is 52.1 Å². The second-order valence-corrected chi connectivity index (χ2v) is 7.28. The first-order valence-electron chi connectivity index (χ1n) is 8.52. The first-order chi connectivity index (χ1) is 13.7. The van der Waals surface area contributed by atoms with Crippen LogP contribution in [0.4, 0.5) is 4.79 Å². The second kappa shape index (κ2) is 7.96. The second-order valence-electron chi connectivity index (χ2n) is 6.29. The van der Waals surface area contributed by atoms with E-state index in [0.717, 1.165) is 10.5 Å². The molecule has 2 amide bonds. The highest BCUT2D eigenvalue weighted by atomic mass is 32.2. The van der Waals surface area contributed by atoms with Crippen molar-refractivity contribution in [3.63, 3.8) is 0 Å². The molecule has 1 fully saturated rings. The van der Waals surface area contributed by atoms with Crippen LogP contribution in [-0.2, 0) is 14.3 Å². The van der Waals surface area contributed by atoms with E-state index >= 15 is 0 Å². The zero-order valence-electron chi connectivity index (χ0n) is 15.8. The lowest BCUT2D eigenvalue weighted by Gasteiger charge is -2.18. The van der Waals surface area contributed by atoms with Crippen molar-refractivity contribution in [3.8, 4) is 11.3 Å². The molecule has 9 heteroatoms. The molecule has 0 saturated carbocycles. The van der Waals surface area contributed by atoms with Crippen LogP contribution in [0.15, 0.2) is 39.7 Å². The number of methoxy groups -OCH3 is 1. The van der Waals surface area contributed by atoms with E-state index in [1.807, 2.05) is 0 Å². The number of carbonyl (C=O) groups is 4. The molecule has 1 atom stereocenters. The summed E-state index contributed by atoms with van der Waals surface area (Å²) in [4.78, 5) is 48.4. The summed E-state index contributed by atoms with van der Waals surface area (Å²) >= 11 is 0.712. The van der Waals surface area contributed by atoms with E-state index in [1.165, 1.54) is 26.2 Å². The highest BCUT2D eigenvalue weighted by Crippen LogP contribution is 2.35. The molecule has 1 aromatic carbocycles. The van der Waals surface area contributed by atoms with Gasteiger partial charge in [-0.3, -0.25) is 14.5 Å². The monoisotopic (exact) mass is 415 g/mol. The van der Waals surface area contributed by atoms with Crippen LogP contribution in [-0.4, -0.2) is 46.2 Å². The lowest BCUT2D eigenvalue weighted by Crippen LogP contribution is -2.42. The van der Waals surface area contributed by atoms with Gasteiger partial charge in [0.1, 0.15) is 17.6 Å². The number of aryl methyl sites for hydroxylation is 1. The van der Waals surface area contributed by atoms with E-state index in [1.54, 1.807) is 31.2 Å². The maximum Gasteiger partial charge on any atom is 0.335 e. The Balaban J connectivity index is 1.85. The number of hydrogen-bond acceptors (Lipinski definition) is 7. The number of benzene rings is 1. The molecule has 0 spiro atoms. The van der Waals surface area contributed by atoms with Gasteiger partial charge in [0.15, 0.2) is 0 Å². The van der Waals surface area contributed by atoms with E-state index in [9.17, 15) is 19.2 Å². The minimum absolute atomic E-state index is 0.129. The van der Waals surface area contributed by atoms with E-state index in [0.29, 0.717) is 28.8 Å². The molecule has 2 aromatic rings. The Morgan fingerprint density at radius 1 is 1.24 bits per heavy atom. The zero-order valence-corrected chi connectivity index (χ0v) is 16.6. The third-order valence-electron chi connectivity index (χ3n) is 4.39. The molecule has 1 saturated heterocycles. The lowest BCUT2D eigenvalue weighted by molar-refractivity contribution is -0.148. The summed E-state index contributed by atoms with van der Waals surface area (Å²) < 4.78 is 10.3. The molecular formula is C20H17NO7S. The van der Waals surface area contributed by atoms with Crippen molar-refractivity contribution in [1.82, 2.24) is 4.90 Å². The van der Waals surface area contributed by atoms with Gasteiger partial charge in [0.2, 0.25) is 0 Å². The topological polar surface area (TPSA) is 114 Å². The highest BCUT2D eigenvalue weighted by Gasteiger charge is 2.41. The van der Waals surface area contributed by atoms with Crippen molar-refractivity contribution in [2.75, 3.05) is 7.11 Å². The number of aromatic carboxylic acids is 1. The predicted octanol–water partition coefficient (Wildman–Crippen LogP) is 3.55. The number of carboxylic acids is 1. The fraction of sp³-hybridized carbons (Fsp3) is 0.200. The van der Waals surface area contributed by atoms with Crippen molar-refractivity contribution in [2.24, 2.45) is 0 Å². The third kappa shape index (κ3) is 3.95. The summed E-state index contributed by atoms with van der Waals surface area (Å²) in [5, 5.41) is 8.50. The minimum Gasteiger partial charge on any atom is -0.478 e. The number of ether oxygens (including phenoxy) is 1. The number of imide groups is 1. The number of nitrogens with zero attached hydrogens (tertiary/aromatic N) is 1. The van der Waals surface area contributed by atoms with Crippen LogP contribution in [0.5, 0.6) is 0 Å². The Morgan fingerprint density at radius 2 is 1.97 bits per heavy atom. The van der Waals surface area contributed by atoms with E-state index in [4.69, 9.17) is 9.52 Å². The van der Waals surface area contributed by atoms with Gasteiger partial charge >= 0.3 is 11.9 Å². The number of rotatable bonds is 5. The molecule has 0 radical (unpaired) electrons. The van der Waals surface area contributed by atoms with Crippen LogP contribution in [0, 0.1) is 6.92 Å². The Morgan fingerprint density at radius 3 is 2.59 bits per heavy atom. The number of carboxylic acid groups (broad SMARTS) is 1. The van der Waals surface area contributed by atoms with Crippen LogP contribution >= 0.6 is 11.8 Å². The molecule has 0 bridgehead atoms. The van der Waals surface area contributed by atoms with Gasteiger partial charge in [-0.15, -0.1) is 0 Å². The molecule has 29 heavy (non-hydrogen) atoms. The standard InChI is InChI=1S/C20H17NO7S/c1-10-8-12(18(23)24)4-6-14(10)15-7-5-13(28-15)9-16-17(22)21(20(26)29-16)11(2)19(25)27-3/h4-9,11H,1-3H3,(H,23,24)/b16-9+. The third-order valence-corrected chi connectivity index (χ3v) is 5.28. The molecule has 3 rings (SSSR count). The highest BCUT2D eigenvalue weighted by molar-refractivity contribution is 8.18. The zero-order chi connectivity index (χ0) is 21.3. The minimum atomic E-state index is -1.03. The Kier molecular flexibility index (Phi) is 5.60. The largest absolute Gasteiger partial charge is 0.478 e. The quantitative estimate of drug-likeness (QED) is 0.582. The number of hydrogen-bond donors (Lipinski definition) is 1. The molecule has 1 aromatic heterocycles. The summed E-state index contributed by atoms with van der Waals surface area (Å²) in [7, 11) is 1.18. The molecule has 1 N–H and O–H groups in total. The summed E-state index contributed by atoms with van der Waals surface area (Å²) in [6, 6.07) is 6.97. The van der Waals surface area contributed by atoms with E-state index < -0.39 is 29.1 Å². The number of amides is 2. The maximum atomic E-state index is 12.5. The smallest absolute Gasteiger partial charge is 0.335 e. The molecule has 1 aliphatic rings. The Hall–Kier alpha value is -3.33. The Labute approximate surface area is 170 Å². The molecule has 8 nitrogen and oxygen atoms in total. The van der Waals surface area contributed by atoms with Crippen LogP contribution in [0.25, 0.3) is 17.4 Å². The molecule has 2 heterocycles. The normalized spacial score (nSPS) is 16.4. The summed E-state index contributed by atoms with van der Waals surface area (Å²) in [6.07, 6.45) is 1.43. The number of carbonyl (C=O) groups excluding carboxylic acids is 3. The SMILES string of the molecule is COC(=O)C(C)N1C(=O)S/C(=C/c2ccc(-c3ccc(C(=O)O)cc3C)o2)C1=O. The average Bonchev–Trinajstić information content (AvgIpc) is 3.25. The lowest BCUT2D eigenvalue weighted by atomic mass is 10.0. The average molecular weight is 415 g/mol. The van der Waals surface area contributed by atoms with Gasteiger partial charge in [0.05, 0.1) is 17.6 Å². The molecular weight excluding hydrogens is 398 g/mol. The van der Waals surface area contributed by atoms with Gasteiger partial charge in [-0.2, -0.15) is 0 Å². The molecule has 0 aliphatic carbocycles. The number of esters is 1. The van der Waals surface area contributed by atoms with Crippen molar-refractivity contribution < 1.29 is 33.4 Å². The Bertz CT molecular complexity index is 1050. The van der Waals surface area contributed by atoms with Crippen molar-refractivity contribution in [2.45, 2.75) is 19.9 Å². The first kappa shape index (κ1) is 20.4. The van der Waals surface area contributed by atoms with Crippen LogP contribution in [0.1, 0.15) is 28.6 Å². The van der Waals surface area contributed by atoms with Crippen LogP contribution in [0.2, 0.25) is 0 Å². The number of thioether (sulfide) groups is 1. The summed E-state index contributed by atoms with van der Waals surface area (Å²) in [5.74, 6) is -1.46. The van der Waals surface area contributed by atoms with Crippen molar-refractivity contribution in [1.29, 1.82) is 0 Å². The van der Waals surface area contributed by atoms with Gasteiger partial charge in [0, 0.05) is 11.6 Å². The van der Waals surface area contributed by atoms with Crippen LogP contribution in [0.3, 0.4) is 0 Å². The summed E-state index contributed by atoms with van der Waals surface area (Å²) in [6.45, 7) is 3.18. The van der Waals surface area contributed by atoms with Crippen LogP contribution < -0.4 is 0 Å².